The Labute approximate surface area is 129 Å². The summed E-state index contributed by atoms with van der Waals surface area (Å²) < 4.78 is 0. The van der Waals surface area contributed by atoms with Gasteiger partial charge in [-0.2, -0.15) is 0 Å². The van der Waals surface area contributed by atoms with Crippen molar-refractivity contribution in [3.05, 3.63) is 0 Å². The van der Waals surface area contributed by atoms with Gasteiger partial charge in [0, 0.05) is 19.6 Å². The van der Waals surface area contributed by atoms with Crippen LogP contribution < -0.4 is 10.6 Å². The highest BCUT2D eigenvalue weighted by Gasteiger charge is 2.20. The van der Waals surface area contributed by atoms with Crippen LogP contribution in [0.15, 0.2) is 0 Å². The molecule has 2 N–H and O–H groups in total. The van der Waals surface area contributed by atoms with E-state index in [0.29, 0.717) is 0 Å². The minimum atomic E-state index is 0. The molecule has 1 fully saturated rings. The summed E-state index contributed by atoms with van der Waals surface area (Å²) in [4.78, 5) is 14.2. The lowest BCUT2D eigenvalue weighted by molar-refractivity contribution is -0.125. The van der Waals surface area contributed by atoms with Gasteiger partial charge in [-0.25, -0.2) is 0 Å². The number of carbonyl (C=O) groups excluding carboxylic acids is 1. The van der Waals surface area contributed by atoms with Crippen molar-refractivity contribution in [1.82, 2.24) is 15.5 Å². The fourth-order valence-electron chi connectivity index (χ4n) is 2.30. The Hall–Kier alpha value is -0.0300. The number of halogens is 2. The van der Waals surface area contributed by atoms with E-state index in [0.717, 1.165) is 52.1 Å². The normalized spacial score (nSPS) is 18.4. The van der Waals surface area contributed by atoms with Crippen LogP contribution in [0.2, 0.25) is 0 Å². The molecule has 0 bridgehead atoms. The molecular formula is C13H29Cl2N3O. The summed E-state index contributed by atoms with van der Waals surface area (Å²) in [5, 5.41) is 6.33. The molecule has 0 saturated carbocycles. The molecule has 1 amide bonds. The number of rotatable bonds is 7. The molecule has 116 valence electrons. The van der Waals surface area contributed by atoms with Crippen LogP contribution in [0.5, 0.6) is 0 Å². The topological polar surface area (TPSA) is 44.4 Å². The van der Waals surface area contributed by atoms with Crippen LogP contribution in [0.25, 0.3) is 0 Å². The van der Waals surface area contributed by atoms with Gasteiger partial charge in [-0.3, -0.25) is 4.79 Å². The first kappa shape index (κ1) is 21.3. The molecule has 0 radical (unpaired) electrons. The fraction of sp³-hybridized carbons (Fsp3) is 0.923. The van der Waals surface area contributed by atoms with Gasteiger partial charge >= 0.3 is 0 Å². The highest BCUT2D eigenvalue weighted by molar-refractivity contribution is 5.85. The second-order valence-electron chi connectivity index (χ2n) is 4.77. The van der Waals surface area contributed by atoms with E-state index in [1.165, 1.54) is 6.42 Å². The summed E-state index contributed by atoms with van der Waals surface area (Å²) in [6, 6.07) is 0. The third-order valence-electron chi connectivity index (χ3n) is 3.38. The summed E-state index contributed by atoms with van der Waals surface area (Å²) in [5.41, 5.74) is 0. The Morgan fingerprint density at radius 2 is 2.05 bits per heavy atom. The first-order chi connectivity index (χ1) is 8.27. The maximum absolute atomic E-state index is 11.9. The maximum Gasteiger partial charge on any atom is 0.224 e. The average Bonchev–Trinajstić information content (AvgIpc) is 2.38. The van der Waals surface area contributed by atoms with E-state index >= 15 is 0 Å². The molecule has 1 aliphatic heterocycles. The molecule has 1 heterocycles. The second-order valence-corrected chi connectivity index (χ2v) is 4.77. The van der Waals surface area contributed by atoms with Gasteiger partial charge in [0.2, 0.25) is 5.91 Å². The van der Waals surface area contributed by atoms with Crippen LogP contribution in [-0.4, -0.2) is 50.1 Å². The Balaban J connectivity index is 0. The lowest BCUT2D eigenvalue weighted by atomic mass is 9.99. The monoisotopic (exact) mass is 313 g/mol. The molecule has 4 nitrogen and oxygen atoms in total. The number of hydrogen-bond donors (Lipinski definition) is 2. The molecular weight excluding hydrogens is 285 g/mol. The third kappa shape index (κ3) is 8.69. The van der Waals surface area contributed by atoms with Gasteiger partial charge in [-0.15, -0.1) is 24.8 Å². The number of amides is 1. The predicted molar refractivity (Wildman–Crippen MR) is 85.5 cm³/mol. The number of nitrogens with one attached hydrogen (secondary N) is 2. The lowest BCUT2D eigenvalue weighted by Gasteiger charge is -2.23. The molecule has 0 unspecified atom stereocenters. The van der Waals surface area contributed by atoms with Crippen LogP contribution in [-0.2, 0) is 4.79 Å². The quantitative estimate of drug-likeness (QED) is 0.751. The number of nitrogens with zero attached hydrogens (tertiary/aromatic N) is 1. The fourth-order valence-corrected chi connectivity index (χ4v) is 2.30. The van der Waals surface area contributed by atoms with E-state index in [4.69, 9.17) is 0 Å². The van der Waals surface area contributed by atoms with Gasteiger partial charge in [0.05, 0.1) is 5.92 Å². The highest BCUT2D eigenvalue weighted by Crippen LogP contribution is 2.09. The first-order valence-electron chi connectivity index (χ1n) is 6.98. The zero-order chi connectivity index (χ0) is 12.5. The van der Waals surface area contributed by atoms with Crippen molar-refractivity contribution in [2.45, 2.75) is 33.1 Å². The molecule has 0 spiro atoms. The minimum Gasteiger partial charge on any atom is -0.355 e. The van der Waals surface area contributed by atoms with Gasteiger partial charge in [-0.05, 0) is 38.9 Å². The number of carbonyl (C=O) groups is 1. The molecule has 0 aromatic rings. The smallest absolute Gasteiger partial charge is 0.224 e. The number of piperidine rings is 1. The summed E-state index contributed by atoms with van der Waals surface area (Å²) in [6.07, 6.45) is 3.33. The van der Waals surface area contributed by atoms with E-state index in [-0.39, 0.29) is 36.6 Å². The van der Waals surface area contributed by atoms with E-state index in [1.54, 1.807) is 0 Å². The van der Waals surface area contributed by atoms with Gasteiger partial charge < -0.3 is 15.5 Å². The summed E-state index contributed by atoms with van der Waals surface area (Å²) >= 11 is 0. The molecule has 0 aromatic carbocycles. The van der Waals surface area contributed by atoms with Crippen LogP contribution in [0.4, 0.5) is 0 Å². The first-order valence-corrected chi connectivity index (χ1v) is 6.98. The van der Waals surface area contributed by atoms with Gasteiger partial charge in [0.25, 0.3) is 0 Å². The van der Waals surface area contributed by atoms with Gasteiger partial charge in [0.15, 0.2) is 0 Å². The molecule has 1 saturated heterocycles. The Bertz CT molecular complexity index is 224. The summed E-state index contributed by atoms with van der Waals surface area (Å²) in [7, 11) is 0. The molecule has 1 rings (SSSR count). The van der Waals surface area contributed by atoms with E-state index in [1.807, 2.05) is 0 Å². The van der Waals surface area contributed by atoms with Crippen LogP contribution in [0, 0.1) is 5.92 Å². The molecule has 0 aliphatic carbocycles. The SMILES string of the molecule is CCCN(CC)CCNC(=O)[C@@H]1CCCNC1.Cl.Cl. The molecule has 19 heavy (non-hydrogen) atoms. The van der Waals surface area contributed by atoms with Crippen LogP contribution >= 0.6 is 24.8 Å². The number of hydrogen-bond acceptors (Lipinski definition) is 3. The summed E-state index contributed by atoms with van der Waals surface area (Å²) in [5.74, 6) is 0.412. The van der Waals surface area contributed by atoms with E-state index < -0.39 is 0 Å². The molecule has 1 aliphatic rings. The average molecular weight is 314 g/mol. The van der Waals surface area contributed by atoms with Crippen molar-refractivity contribution in [3.8, 4) is 0 Å². The Kier molecular flexibility index (Phi) is 14.5. The standard InChI is InChI=1S/C13H27N3O.2ClH/c1-3-9-16(4-2)10-8-15-13(17)12-6-5-7-14-11-12;;/h12,14H,3-11H2,1-2H3,(H,15,17);2*1H/t12-;;/m1../s1. The van der Waals surface area contributed by atoms with Crippen molar-refractivity contribution >= 4 is 30.7 Å². The van der Waals surface area contributed by atoms with Crippen LogP contribution in [0.3, 0.4) is 0 Å². The van der Waals surface area contributed by atoms with Crippen molar-refractivity contribution in [3.63, 3.8) is 0 Å². The Morgan fingerprint density at radius 1 is 1.32 bits per heavy atom. The lowest BCUT2D eigenvalue weighted by Crippen LogP contribution is -2.43. The zero-order valence-corrected chi connectivity index (χ0v) is 13.7. The molecule has 1 atom stereocenters. The third-order valence-corrected chi connectivity index (χ3v) is 3.38. The minimum absolute atomic E-state index is 0. The number of likely N-dealkylation sites (N-methyl/N-ethyl adjacent to an activating group) is 1. The van der Waals surface area contributed by atoms with Crippen molar-refractivity contribution in [2.24, 2.45) is 5.92 Å². The van der Waals surface area contributed by atoms with E-state index in [9.17, 15) is 4.79 Å². The maximum atomic E-state index is 11.9. The van der Waals surface area contributed by atoms with E-state index in [2.05, 4.69) is 29.4 Å². The van der Waals surface area contributed by atoms with Gasteiger partial charge in [-0.1, -0.05) is 13.8 Å². The summed E-state index contributed by atoms with van der Waals surface area (Å²) in [6.45, 7) is 10.2. The van der Waals surface area contributed by atoms with Crippen molar-refractivity contribution in [2.75, 3.05) is 39.3 Å². The van der Waals surface area contributed by atoms with Crippen molar-refractivity contribution < 1.29 is 4.79 Å². The molecule has 6 heteroatoms. The largest absolute Gasteiger partial charge is 0.355 e. The van der Waals surface area contributed by atoms with Crippen molar-refractivity contribution in [1.29, 1.82) is 0 Å². The highest BCUT2D eigenvalue weighted by atomic mass is 35.5. The second kappa shape index (κ2) is 13.0. The zero-order valence-electron chi connectivity index (χ0n) is 12.1. The van der Waals surface area contributed by atoms with Crippen LogP contribution in [0.1, 0.15) is 33.1 Å². The Morgan fingerprint density at radius 3 is 2.58 bits per heavy atom. The predicted octanol–water partition coefficient (Wildman–Crippen LogP) is 1.68. The molecule has 0 aromatic heterocycles. The van der Waals surface area contributed by atoms with Gasteiger partial charge in [0.1, 0.15) is 0 Å².